The van der Waals surface area contributed by atoms with Gasteiger partial charge in [0.1, 0.15) is 12.7 Å². The summed E-state index contributed by atoms with van der Waals surface area (Å²) in [5.74, 6) is 1.17. The Labute approximate surface area is 244 Å². The molecule has 41 heavy (non-hydrogen) atoms. The van der Waals surface area contributed by atoms with Gasteiger partial charge in [0, 0.05) is 26.6 Å². The van der Waals surface area contributed by atoms with Crippen molar-refractivity contribution in [3.05, 3.63) is 71.8 Å². The van der Waals surface area contributed by atoms with Gasteiger partial charge in [-0.2, -0.15) is 0 Å². The Balaban J connectivity index is 1.75. The Bertz CT molecular complexity index is 1130. The van der Waals surface area contributed by atoms with Crippen molar-refractivity contribution in [1.29, 1.82) is 0 Å². The summed E-state index contributed by atoms with van der Waals surface area (Å²) >= 11 is 0. The Hall–Kier alpha value is -3.52. The first-order valence-corrected chi connectivity index (χ1v) is 14.3. The highest BCUT2D eigenvalue weighted by molar-refractivity contribution is 5.78. The molecule has 3 rings (SSSR count). The van der Waals surface area contributed by atoms with Crippen LogP contribution in [0.4, 0.5) is 4.79 Å². The van der Waals surface area contributed by atoms with Gasteiger partial charge >= 0.3 is 12.1 Å². The summed E-state index contributed by atoms with van der Waals surface area (Å²) in [7, 11) is 3.30. The zero-order valence-electron chi connectivity index (χ0n) is 25.0. The molecule has 1 aliphatic rings. The Morgan fingerprint density at radius 2 is 1.83 bits per heavy atom. The number of alkyl carbamates (subject to hydrolysis) is 1. The van der Waals surface area contributed by atoms with Crippen LogP contribution in [0.25, 0.3) is 0 Å². The van der Waals surface area contributed by atoms with Gasteiger partial charge in [-0.05, 0) is 54.9 Å². The second-order valence-electron chi connectivity index (χ2n) is 11.0. The summed E-state index contributed by atoms with van der Waals surface area (Å²) in [4.78, 5) is 25.5. The molecule has 224 valence electrons. The number of benzene rings is 2. The number of ether oxygens (including phenoxy) is 5. The Morgan fingerprint density at radius 3 is 2.46 bits per heavy atom. The molecule has 0 spiro atoms. The predicted octanol–water partition coefficient (Wildman–Crippen LogP) is 6.12. The van der Waals surface area contributed by atoms with Gasteiger partial charge in [0.2, 0.25) is 0 Å². The monoisotopic (exact) mass is 567 g/mol. The maximum Gasteiger partial charge on any atom is 0.407 e. The van der Waals surface area contributed by atoms with Crippen LogP contribution in [0.1, 0.15) is 51.2 Å². The van der Waals surface area contributed by atoms with Gasteiger partial charge in [0.05, 0.1) is 25.7 Å². The van der Waals surface area contributed by atoms with Gasteiger partial charge in [-0.3, -0.25) is 4.79 Å². The summed E-state index contributed by atoms with van der Waals surface area (Å²) in [5.41, 5.74) is 2.76. The first-order chi connectivity index (χ1) is 19.7. The molecule has 1 fully saturated rings. The number of nitrogens with one attached hydrogen (secondary N) is 1. The number of hydrogen-bond donors (Lipinski definition) is 1. The van der Waals surface area contributed by atoms with Crippen molar-refractivity contribution in [1.82, 2.24) is 5.32 Å². The van der Waals surface area contributed by atoms with E-state index in [1.165, 1.54) is 0 Å². The zero-order chi connectivity index (χ0) is 29.8. The van der Waals surface area contributed by atoms with Crippen molar-refractivity contribution in [3.63, 3.8) is 0 Å². The Kier molecular flexibility index (Phi) is 12.5. The molecule has 1 saturated heterocycles. The SMILES string of the molecule is C=C(C)[C@@H]1C[C@@H]([C@H](C[C@H](Cc2ccc(OC)c(OCCCOC)c2)C(C)C)NC(=O)OCc2ccccc2)OC1=O. The quantitative estimate of drug-likeness (QED) is 0.148. The highest BCUT2D eigenvalue weighted by Crippen LogP contribution is 2.34. The highest BCUT2D eigenvalue weighted by Gasteiger charge is 2.41. The molecule has 4 atom stereocenters. The van der Waals surface area contributed by atoms with Crippen molar-refractivity contribution in [2.24, 2.45) is 17.8 Å². The van der Waals surface area contributed by atoms with E-state index in [4.69, 9.17) is 23.7 Å². The van der Waals surface area contributed by atoms with Crippen molar-refractivity contribution >= 4 is 12.1 Å². The van der Waals surface area contributed by atoms with Crippen molar-refractivity contribution in [2.45, 2.75) is 65.2 Å². The maximum absolute atomic E-state index is 12.9. The van der Waals surface area contributed by atoms with E-state index in [0.717, 1.165) is 29.5 Å². The normalized spacial score (nSPS) is 18.0. The van der Waals surface area contributed by atoms with Gasteiger partial charge in [-0.15, -0.1) is 0 Å². The molecule has 1 heterocycles. The van der Waals surface area contributed by atoms with Crippen LogP contribution in [0, 0.1) is 17.8 Å². The average molecular weight is 568 g/mol. The van der Waals surface area contributed by atoms with Gasteiger partial charge in [0.25, 0.3) is 0 Å². The van der Waals surface area contributed by atoms with E-state index < -0.39 is 18.2 Å². The average Bonchev–Trinajstić information content (AvgIpc) is 3.36. The van der Waals surface area contributed by atoms with E-state index in [2.05, 4.69) is 25.7 Å². The maximum atomic E-state index is 12.9. The van der Waals surface area contributed by atoms with E-state index in [1.807, 2.05) is 55.5 Å². The molecular weight excluding hydrogens is 522 g/mol. The number of cyclic esters (lactones) is 1. The van der Waals surface area contributed by atoms with Crippen LogP contribution in [0.15, 0.2) is 60.7 Å². The van der Waals surface area contributed by atoms with E-state index in [1.54, 1.807) is 14.2 Å². The van der Waals surface area contributed by atoms with Crippen molar-refractivity contribution < 1.29 is 33.3 Å². The third-order valence-electron chi connectivity index (χ3n) is 7.56. The number of esters is 1. The fourth-order valence-corrected chi connectivity index (χ4v) is 5.04. The summed E-state index contributed by atoms with van der Waals surface area (Å²) in [5, 5.41) is 3.03. The molecular formula is C33H45NO7. The lowest BCUT2D eigenvalue weighted by molar-refractivity contribution is -0.144. The molecule has 8 nitrogen and oxygen atoms in total. The van der Waals surface area contributed by atoms with E-state index in [9.17, 15) is 9.59 Å². The molecule has 1 aliphatic heterocycles. The molecule has 1 amide bonds. The predicted molar refractivity (Wildman–Crippen MR) is 158 cm³/mol. The number of hydrogen-bond acceptors (Lipinski definition) is 7. The minimum atomic E-state index is -0.535. The molecule has 1 N–H and O–H groups in total. The second-order valence-corrected chi connectivity index (χ2v) is 11.0. The molecule has 2 aromatic rings. The fraction of sp³-hybridized carbons (Fsp3) is 0.515. The number of rotatable bonds is 16. The summed E-state index contributed by atoms with van der Waals surface area (Å²) < 4.78 is 27.9. The minimum absolute atomic E-state index is 0.158. The number of carbonyl (C=O) groups excluding carboxylic acids is 2. The van der Waals surface area contributed by atoms with E-state index in [0.29, 0.717) is 43.5 Å². The van der Waals surface area contributed by atoms with Gasteiger partial charge in [-0.1, -0.05) is 62.4 Å². The minimum Gasteiger partial charge on any atom is -0.493 e. The van der Waals surface area contributed by atoms with Crippen LogP contribution < -0.4 is 14.8 Å². The molecule has 8 heteroatoms. The summed E-state index contributed by atoms with van der Waals surface area (Å²) in [6.45, 7) is 11.4. The first kappa shape index (κ1) is 32.0. The van der Waals surface area contributed by atoms with Crippen LogP contribution in [-0.2, 0) is 32.0 Å². The second kappa shape index (κ2) is 16.1. The third kappa shape index (κ3) is 9.81. The smallest absolute Gasteiger partial charge is 0.407 e. The van der Waals surface area contributed by atoms with Gasteiger partial charge in [0.15, 0.2) is 11.5 Å². The largest absolute Gasteiger partial charge is 0.493 e. The lowest BCUT2D eigenvalue weighted by atomic mass is 9.82. The topological polar surface area (TPSA) is 92.3 Å². The first-order valence-electron chi connectivity index (χ1n) is 14.3. The van der Waals surface area contributed by atoms with Crippen LogP contribution in [0.5, 0.6) is 11.5 Å². The highest BCUT2D eigenvalue weighted by atomic mass is 16.6. The number of amides is 1. The summed E-state index contributed by atoms with van der Waals surface area (Å²) in [6, 6.07) is 15.1. The number of methoxy groups -OCH3 is 2. The Morgan fingerprint density at radius 1 is 1.07 bits per heavy atom. The van der Waals surface area contributed by atoms with E-state index >= 15 is 0 Å². The lowest BCUT2D eigenvalue weighted by Gasteiger charge is -2.30. The number of carbonyl (C=O) groups is 2. The van der Waals surface area contributed by atoms with Gasteiger partial charge in [-0.25, -0.2) is 4.79 Å². The molecule has 0 aromatic heterocycles. The van der Waals surface area contributed by atoms with Crippen LogP contribution in [0.3, 0.4) is 0 Å². The fourth-order valence-electron chi connectivity index (χ4n) is 5.04. The van der Waals surface area contributed by atoms with Crippen LogP contribution in [-0.4, -0.2) is 51.6 Å². The van der Waals surface area contributed by atoms with Crippen molar-refractivity contribution in [2.75, 3.05) is 27.4 Å². The standard InChI is InChI=1S/C33H45NO7/c1-22(2)26(17-25-13-14-29(38-6)31(18-25)39-16-10-15-37-5)19-28(30-20-27(23(3)4)32(35)41-30)34-33(36)40-21-24-11-8-7-9-12-24/h7-9,11-14,18,22,26-28,30H,3,10,15-17,19-21H2,1-2,4-6H3,(H,34,36)/t26-,27-,28-,30-/m0/s1. The van der Waals surface area contributed by atoms with Crippen molar-refractivity contribution in [3.8, 4) is 11.5 Å². The van der Waals surface area contributed by atoms with E-state index in [-0.39, 0.29) is 24.4 Å². The van der Waals surface area contributed by atoms with Crippen LogP contribution >= 0.6 is 0 Å². The zero-order valence-corrected chi connectivity index (χ0v) is 25.0. The summed E-state index contributed by atoms with van der Waals surface area (Å²) in [6.07, 6.45) is 1.60. The molecule has 0 bridgehead atoms. The molecule has 0 radical (unpaired) electrons. The lowest BCUT2D eigenvalue weighted by Crippen LogP contribution is -2.45. The molecule has 0 saturated carbocycles. The third-order valence-corrected chi connectivity index (χ3v) is 7.56. The molecule has 2 aromatic carbocycles. The van der Waals surface area contributed by atoms with Crippen LogP contribution in [0.2, 0.25) is 0 Å². The van der Waals surface area contributed by atoms with Gasteiger partial charge < -0.3 is 29.0 Å². The molecule has 0 unspecified atom stereocenters. The molecule has 0 aliphatic carbocycles.